The van der Waals surface area contributed by atoms with Crippen LogP contribution < -0.4 is 0 Å². The summed E-state index contributed by atoms with van der Waals surface area (Å²) >= 11 is 0. The molecule has 0 aromatic carbocycles. The van der Waals surface area contributed by atoms with E-state index in [9.17, 15) is 9.59 Å². The standard InChI is InChI=1S/C63H124O5/c1-4-7-10-13-16-19-22-25-28-31-32-34-36-39-42-45-48-51-54-57-63(65)68-61(59-66-58-55-52-49-46-43-40-37-30-27-24-21-18-15-12-9-6-3)60-67-62(64)56-53-50-47-44-41-38-35-33-29-26-23-20-17-14-11-8-5-2/h61H,4-60H2,1-3H3/t61-/m1/s1. The Bertz CT molecular complexity index is 952. The van der Waals surface area contributed by atoms with Crippen LogP contribution >= 0.6 is 0 Å². The van der Waals surface area contributed by atoms with Gasteiger partial charge in [-0.05, 0) is 19.3 Å². The molecule has 68 heavy (non-hydrogen) atoms. The van der Waals surface area contributed by atoms with Gasteiger partial charge >= 0.3 is 11.9 Å². The minimum absolute atomic E-state index is 0.0989. The van der Waals surface area contributed by atoms with E-state index in [1.165, 1.54) is 302 Å². The molecule has 0 fully saturated rings. The molecule has 0 rings (SSSR count). The summed E-state index contributed by atoms with van der Waals surface area (Å²) in [7, 11) is 0. The van der Waals surface area contributed by atoms with Crippen LogP contribution in [0.2, 0.25) is 0 Å². The Kier molecular flexibility index (Phi) is 59.2. The van der Waals surface area contributed by atoms with Gasteiger partial charge in [-0.25, -0.2) is 0 Å². The molecule has 0 unspecified atom stereocenters. The predicted molar refractivity (Wildman–Crippen MR) is 298 cm³/mol. The van der Waals surface area contributed by atoms with Gasteiger partial charge in [-0.15, -0.1) is 0 Å². The van der Waals surface area contributed by atoms with Gasteiger partial charge < -0.3 is 14.2 Å². The monoisotopic (exact) mass is 961 g/mol. The van der Waals surface area contributed by atoms with Crippen molar-refractivity contribution < 1.29 is 23.8 Å². The molecule has 0 saturated heterocycles. The molecule has 406 valence electrons. The van der Waals surface area contributed by atoms with Crippen LogP contribution in [-0.4, -0.2) is 37.9 Å². The van der Waals surface area contributed by atoms with E-state index >= 15 is 0 Å². The number of hydrogen-bond acceptors (Lipinski definition) is 5. The summed E-state index contributed by atoms with van der Waals surface area (Å²) in [4.78, 5) is 25.6. The lowest BCUT2D eigenvalue weighted by Crippen LogP contribution is -2.30. The van der Waals surface area contributed by atoms with Crippen molar-refractivity contribution in [1.82, 2.24) is 0 Å². The second-order valence-corrected chi connectivity index (χ2v) is 21.7. The molecule has 0 aliphatic carbocycles. The molecule has 5 heteroatoms. The van der Waals surface area contributed by atoms with E-state index < -0.39 is 6.10 Å². The summed E-state index contributed by atoms with van der Waals surface area (Å²) in [6.07, 6.45) is 69.9. The van der Waals surface area contributed by atoms with Gasteiger partial charge in [0.05, 0.1) is 6.61 Å². The van der Waals surface area contributed by atoms with Gasteiger partial charge in [0.2, 0.25) is 0 Å². The maximum atomic E-state index is 12.9. The van der Waals surface area contributed by atoms with E-state index in [4.69, 9.17) is 14.2 Å². The van der Waals surface area contributed by atoms with Gasteiger partial charge in [-0.1, -0.05) is 335 Å². The quantitative estimate of drug-likeness (QED) is 0.0449. The number of carbonyl (C=O) groups is 2. The van der Waals surface area contributed by atoms with Crippen LogP contribution in [0.4, 0.5) is 0 Å². The van der Waals surface area contributed by atoms with E-state index in [-0.39, 0.29) is 18.5 Å². The number of esters is 2. The summed E-state index contributed by atoms with van der Waals surface area (Å²) < 4.78 is 17.6. The third-order valence-electron chi connectivity index (χ3n) is 14.6. The highest BCUT2D eigenvalue weighted by Crippen LogP contribution is 2.18. The normalized spacial score (nSPS) is 12.0. The molecule has 0 spiro atoms. The molecule has 0 heterocycles. The van der Waals surface area contributed by atoms with Crippen LogP contribution in [0, 0.1) is 0 Å². The average Bonchev–Trinajstić information content (AvgIpc) is 3.34. The summed E-state index contributed by atoms with van der Waals surface area (Å²) in [5.41, 5.74) is 0. The van der Waals surface area contributed by atoms with E-state index in [0.29, 0.717) is 26.1 Å². The zero-order valence-corrected chi connectivity index (χ0v) is 46.9. The summed E-state index contributed by atoms with van der Waals surface area (Å²) in [6, 6.07) is 0. The smallest absolute Gasteiger partial charge is 0.306 e. The summed E-state index contributed by atoms with van der Waals surface area (Å²) in [5.74, 6) is -0.360. The summed E-state index contributed by atoms with van der Waals surface area (Å²) in [6.45, 7) is 7.94. The van der Waals surface area contributed by atoms with E-state index in [1.54, 1.807) is 0 Å². The van der Waals surface area contributed by atoms with Crippen molar-refractivity contribution in [1.29, 1.82) is 0 Å². The minimum atomic E-state index is -0.525. The Morgan fingerprint density at radius 2 is 0.485 bits per heavy atom. The third kappa shape index (κ3) is 57.5. The SMILES string of the molecule is CCCCCCCCCCCCCCCCCCCCCC(=O)O[C@H](COCCCCCCCCCCCCCCCCCC)COC(=O)CCCCCCCCCCCCCCCCCCC. The van der Waals surface area contributed by atoms with Crippen molar-refractivity contribution in [3.05, 3.63) is 0 Å². The molecular weight excluding hydrogens is 837 g/mol. The fourth-order valence-corrected chi connectivity index (χ4v) is 9.93. The van der Waals surface area contributed by atoms with E-state index in [0.717, 1.165) is 32.1 Å². The molecule has 0 bridgehead atoms. The number of rotatable bonds is 60. The second kappa shape index (κ2) is 60.2. The molecule has 0 radical (unpaired) electrons. The van der Waals surface area contributed by atoms with E-state index in [1.807, 2.05) is 0 Å². The topological polar surface area (TPSA) is 61.8 Å². The maximum Gasteiger partial charge on any atom is 0.306 e. The Labute approximate surface area is 427 Å². The van der Waals surface area contributed by atoms with Gasteiger partial charge in [-0.2, -0.15) is 0 Å². The van der Waals surface area contributed by atoms with Crippen molar-refractivity contribution >= 4 is 11.9 Å². The molecule has 0 amide bonds. The Balaban J connectivity index is 4.17. The first-order valence-corrected chi connectivity index (χ1v) is 31.6. The lowest BCUT2D eigenvalue weighted by Gasteiger charge is -2.18. The van der Waals surface area contributed by atoms with Gasteiger partial charge in [0.15, 0.2) is 6.10 Å². The molecule has 5 nitrogen and oxygen atoms in total. The van der Waals surface area contributed by atoms with Crippen LogP contribution in [0.3, 0.4) is 0 Å². The first-order valence-electron chi connectivity index (χ1n) is 31.6. The van der Waals surface area contributed by atoms with Crippen LogP contribution in [0.1, 0.15) is 367 Å². The molecule has 0 aromatic rings. The van der Waals surface area contributed by atoms with Crippen molar-refractivity contribution in [2.24, 2.45) is 0 Å². The first-order chi connectivity index (χ1) is 33.6. The number of hydrogen-bond donors (Lipinski definition) is 0. The number of unbranched alkanes of at least 4 members (excludes halogenated alkanes) is 49. The van der Waals surface area contributed by atoms with E-state index in [2.05, 4.69) is 20.8 Å². The van der Waals surface area contributed by atoms with Crippen molar-refractivity contribution in [3.63, 3.8) is 0 Å². The molecule has 0 aromatic heterocycles. The highest BCUT2D eigenvalue weighted by molar-refractivity contribution is 5.70. The van der Waals surface area contributed by atoms with Gasteiger partial charge in [0.25, 0.3) is 0 Å². The van der Waals surface area contributed by atoms with Crippen molar-refractivity contribution in [2.45, 2.75) is 374 Å². The molecule has 0 saturated carbocycles. The Hall–Kier alpha value is -1.10. The number of ether oxygens (including phenoxy) is 3. The second-order valence-electron chi connectivity index (χ2n) is 21.7. The van der Waals surface area contributed by atoms with Gasteiger partial charge in [-0.3, -0.25) is 9.59 Å². The van der Waals surface area contributed by atoms with Crippen LogP contribution in [-0.2, 0) is 23.8 Å². The fraction of sp³-hybridized carbons (Fsp3) is 0.968. The maximum absolute atomic E-state index is 12.9. The molecule has 0 aliphatic rings. The Morgan fingerprint density at radius 1 is 0.265 bits per heavy atom. The lowest BCUT2D eigenvalue weighted by atomic mass is 10.0. The fourth-order valence-electron chi connectivity index (χ4n) is 9.93. The largest absolute Gasteiger partial charge is 0.462 e. The predicted octanol–water partition coefficient (Wildman–Crippen LogP) is 21.6. The highest BCUT2D eigenvalue weighted by atomic mass is 16.6. The summed E-state index contributed by atoms with van der Waals surface area (Å²) in [5, 5.41) is 0. The van der Waals surface area contributed by atoms with Crippen LogP contribution in [0.15, 0.2) is 0 Å². The zero-order chi connectivity index (χ0) is 49.2. The van der Waals surface area contributed by atoms with Gasteiger partial charge in [0.1, 0.15) is 6.61 Å². The van der Waals surface area contributed by atoms with Crippen molar-refractivity contribution in [3.8, 4) is 0 Å². The van der Waals surface area contributed by atoms with Crippen molar-refractivity contribution in [2.75, 3.05) is 19.8 Å². The highest BCUT2D eigenvalue weighted by Gasteiger charge is 2.18. The first kappa shape index (κ1) is 66.9. The zero-order valence-electron chi connectivity index (χ0n) is 46.9. The lowest BCUT2D eigenvalue weighted by molar-refractivity contribution is -0.163. The molecular formula is C63H124O5. The Morgan fingerprint density at radius 3 is 0.750 bits per heavy atom. The third-order valence-corrected chi connectivity index (χ3v) is 14.6. The molecule has 0 aliphatic heterocycles. The van der Waals surface area contributed by atoms with Gasteiger partial charge in [0, 0.05) is 19.4 Å². The molecule has 1 atom stereocenters. The minimum Gasteiger partial charge on any atom is -0.462 e. The van der Waals surface area contributed by atoms with Crippen LogP contribution in [0.5, 0.6) is 0 Å². The number of carbonyl (C=O) groups excluding carboxylic acids is 2. The average molecular weight is 962 g/mol. The van der Waals surface area contributed by atoms with Crippen LogP contribution in [0.25, 0.3) is 0 Å². The molecule has 0 N–H and O–H groups in total.